The zero-order chi connectivity index (χ0) is 9.80. The highest BCUT2D eigenvalue weighted by Crippen LogP contribution is 2.12. The van der Waals surface area contributed by atoms with E-state index in [2.05, 4.69) is 0 Å². The summed E-state index contributed by atoms with van der Waals surface area (Å²) < 4.78 is 10.3. The molecule has 1 aromatic carbocycles. The summed E-state index contributed by atoms with van der Waals surface area (Å²) in [7, 11) is 0. The summed E-state index contributed by atoms with van der Waals surface area (Å²) in [6.07, 6.45) is 0.315. The van der Waals surface area contributed by atoms with E-state index >= 15 is 0 Å². The molecule has 3 heteroatoms. The minimum absolute atomic E-state index is 0.0669. The third kappa shape index (κ3) is 2.33. The summed E-state index contributed by atoms with van der Waals surface area (Å²) in [5.74, 6) is -0.164. The van der Waals surface area contributed by atoms with E-state index in [1.54, 1.807) is 0 Å². The second-order valence-corrected chi connectivity index (χ2v) is 3.31. The van der Waals surface area contributed by atoms with Gasteiger partial charge in [-0.15, -0.1) is 0 Å². The summed E-state index contributed by atoms with van der Waals surface area (Å²) in [6.45, 7) is 0.938. The van der Waals surface area contributed by atoms with Crippen molar-refractivity contribution in [1.82, 2.24) is 0 Å². The van der Waals surface area contributed by atoms with Gasteiger partial charge in [-0.1, -0.05) is 30.3 Å². The first-order valence-corrected chi connectivity index (χ1v) is 4.66. The van der Waals surface area contributed by atoms with Crippen LogP contribution in [0.15, 0.2) is 30.3 Å². The number of esters is 1. The molecule has 0 aromatic heterocycles. The molecule has 1 aliphatic heterocycles. The van der Waals surface area contributed by atoms with Gasteiger partial charge in [-0.05, 0) is 5.56 Å². The molecule has 1 atom stereocenters. The Hall–Kier alpha value is -1.35. The van der Waals surface area contributed by atoms with Crippen LogP contribution in [-0.2, 0) is 20.9 Å². The first-order valence-electron chi connectivity index (χ1n) is 4.66. The maximum atomic E-state index is 10.8. The molecular weight excluding hydrogens is 180 g/mol. The molecular formula is C11H12O3. The van der Waals surface area contributed by atoms with Gasteiger partial charge in [-0.3, -0.25) is 4.79 Å². The Morgan fingerprint density at radius 1 is 1.36 bits per heavy atom. The molecule has 0 aliphatic carbocycles. The van der Waals surface area contributed by atoms with Crippen molar-refractivity contribution in [1.29, 1.82) is 0 Å². The average Bonchev–Trinajstić information content (AvgIpc) is 2.63. The van der Waals surface area contributed by atoms with Gasteiger partial charge in [0.25, 0.3) is 0 Å². The largest absolute Gasteiger partial charge is 0.463 e. The third-order valence-corrected chi connectivity index (χ3v) is 2.15. The van der Waals surface area contributed by atoms with E-state index in [0.29, 0.717) is 19.6 Å². The molecule has 0 spiro atoms. The fraction of sp³-hybridized carbons (Fsp3) is 0.364. The van der Waals surface area contributed by atoms with Crippen LogP contribution in [0.5, 0.6) is 0 Å². The third-order valence-electron chi connectivity index (χ3n) is 2.15. The fourth-order valence-electron chi connectivity index (χ4n) is 1.38. The molecule has 1 heterocycles. The van der Waals surface area contributed by atoms with Crippen LogP contribution in [0.1, 0.15) is 12.0 Å². The van der Waals surface area contributed by atoms with Crippen LogP contribution in [0.4, 0.5) is 0 Å². The smallest absolute Gasteiger partial charge is 0.308 e. The fourth-order valence-corrected chi connectivity index (χ4v) is 1.38. The molecule has 2 rings (SSSR count). The van der Waals surface area contributed by atoms with Gasteiger partial charge in [0.1, 0.15) is 12.7 Å². The SMILES string of the molecule is O=C1C[C@@H](OCc2ccccc2)CO1. The number of benzene rings is 1. The molecule has 0 amide bonds. The summed E-state index contributed by atoms with van der Waals surface area (Å²) in [5.41, 5.74) is 1.12. The van der Waals surface area contributed by atoms with Gasteiger partial charge in [0.15, 0.2) is 0 Å². The summed E-state index contributed by atoms with van der Waals surface area (Å²) in [4.78, 5) is 10.8. The van der Waals surface area contributed by atoms with Crippen LogP contribution in [-0.4, -0.2) is 18.7 Å². The highest BCUT2D eigenvalue weighted by atomic mass is 16.6. The number of carbonyl (C=O) groups is 1. The van der Waals surface area contributed by atoms with Crippen LogP contribution >= 0.6 is 0 Å². The maximum Gasteiger partial charge on any atom is 0.308 e. The van der Waals surface area contributed by atoms with Crippen LogP contribution < -0.4 is 0 Å². The Balaban J connectivity index is 1.80. The van der Waals surface area contributed by atoms with E-state index in [9.17, 15) is 4.79 Å². The van der Waals surface area contributed by atoms with Gasteiger partial charge in [0.2, 0.25) is 0 Å². The van der Waals surface area contributed by atoms with Crippen LogP contribution in [0.25, 0.3) is 0 Å². The van der Waals surface area contributed by atoms with Crippen molar-refractivity contribution in [3.63, 3.8) is 0 Å². The van der Waals surface area contributed by atoms with E-state index in [0.717, 1.165) is 5.56 Å². The molecule has 74 valence electrons. The number of ether oxygens (including phenoxy) is 2. The standard InChI is InChI=1S/C11H12O3/c12-11-6-10(8-14-11)13-7-9-4-2-1-3-5-9/h1-5,10H,6-8H2/t10-/m1/s1. The number of hydrogen-bond donors (Lipinski definition) is 0. The Kier molecular flexibility index (Phi) is 2.79. The molecule has 0 saturated carbocycles. The zero-order valence-corrected chi connectivity index (χ0v) is 7.81. The normalized spacial score (nSPS) is 20.9. The van der Waals surface area contributed by atoms with Gasteiger partial charge < -0.3 is 9.47 Å². The predicted octanol–water partition coefficient (Wildman–Crippen LogP) is 1.52. The molecule has 0 bridgehead atoms. The Morgan fingerprint density at radius 3 is 2.79 bits per heavy atom. The van der Waals surface area contributed by atoms with E-state index in [-0.39, 0.29) is 12.1 Å². The molecule has 0 radical (unpaired) electrons. The van der Waals surface area contributed by atoms with E-state index in [1.807, 2.05) is 30.3 Å². The Labute approximate surface area is 82.6 Å². The maximum absolute atomic E-state index is 10.8. The van der Waals surface area contributed by atoms with E-state index in [1.165, 1.54) is 0 Å². The van der Waals surface area contributed by atoms with Crippen LogP contribution in [0.3, 0.4) is 0 Å². The summed E-state index contributed by atoms with van der Waals surface area (Å²) in [5, 5.41) is 0. The molecule has 14 heavy (non-hydrogen) atoms. The molecule has 0 unspecified atom stereocenters. The second kappa shape index (κ2) is 4.24. The average molecular weight is 192 g/mol. The van der Waals surface area contributed by atoms with Crippen molar-refractivity contribution in [2.75, 3.05) is 6.61 Å². The van der Waals surface area contributed by atoms with Gasteiger partial charge in [-0.25, -0.2) is 0 Å². The minimum atomic E-state index is -0.164. The quantitative estimate of drug-likeness (QED) is 0.681. The summed E-state index contributed by atoms with van der Waals surface area (Å²) >= 11 is 0. The Morgan fingerprint density at radius 2 is 2.14 bits per heavy atom. The van der Waals surface area contributed by atoms with Crippen LogP contribution in [0.2, 0.25) is 0 Å². The lowest BCUT2D eigenvalue weighted by atomic mass is 10.2. The lowest BCUT2D eigenvalue weighted by molar-refractivity contribution is -0.137. The molecule has 0 N–H and O–H groups in total. The second-order valence-electron chi connectivity index (χ2n) is 3.31. The predicted molar refractivity (Wildman–Crippen MR) is 50.6 cm³/mol. The van der Waals surface area contributed by atoms with Gasteiger partial charge in [0, 0.05) is 0 Å². The minimum Gasteiger partial charge on any atom is -0.463 e. The lowest BCUT2D eigenvalue weighted by Gasteiger charge is -2.07. The molecule has 1 fully saturated rings. The molecule has 3 nitrogen and oxygen atoms in total. The van der Waals surface area contributed by atoms with Crippen molar-refractivity contribution < 1.29 is 14.3 Å². The molecule has 1 saturated heterocycles. The summed E-state index contributed by atoms with van der Waals surface area (Å²) in [6, 6.07) is 9.89. The highest BCUT2D eigenvalue weighted by Gasteiger charge is 2.23. The molecule has 1 aliphatic rings. The number of rotatable bonds is 3. The van der Waals surface area contributed by atoms with Crippen molar-refractivity contribution in [3.8, 4) is 0 Å². The number of hydrogen-bond acceptors (Lipinski definition) is 3. The number of cyclic esters (lactones) is 1. The zero-order valence-electron chi connectivity index (χ0n) is 7.81. The number of carbonyl (C=O) groups excluding carboxylic acids is 1. The van der Waals surface area contributed by atoms with Gasteiger partial charge in [0.05, 0.1) is 13.0 Å². The monoisotopic (exact) mass is 192 g/mol. The van der Waals surface area contributed by atoms with E-state index < -0.39 is 0 Å². The van der Waals surface area contributed by atoms with E-state index in [4.69, 9.17) is 9.47 Å². The van der Waals surface area contributed by atoms with Crippen molar-refractivity contribution >= 4 is 5.97 Å². The van der Waals surface area contributed by atoms with Gasteiger partial charge in [-0.2, -0.15) is 0 Å². The first kappa shape index (κ1) is 9.21. The van der Waals surface area contributed by atoms with Crippen molar-refractivity contribution in [2.45, 2.75) is 19.1 Å². The van der Waals surface area contributed by atoms with Crippen LogP contribution in [0, 0.1) is 0 Å². The molecule has 1 aromatic rings. The highest BCUT2D eigenvalue weighted by molar-refractivity contribution is 5.71. The van der Waals surface area contributed by atoms with Crippen molar-refractivity contribution in [3.05, 3.63) is 35.9 Å². The first-order chi connectivity index (χ1) is 6.84. The Bertz CT molecular complexity index is 308. The topological polar surface area (TPSA) is 35.5 Å². The van der Waals surface area contributed by atoms with Crippen molar-refractivity contribution in [2.24, 2.45) is 0 Å². The lowest BCUT2D eigenvalue weighted by Crippen LogP contribution is -2.11. The van der Waals surface area contributed by atoms with Gasteiger partial charge >= 0.3 is 5.97 Å².